The molecule has 0 aromatic heterocycles. The van der Waals surface area contributed by atoms with Crippen LogP contribution in [0.3, 0.4) is 0 Å². The maximum atomic E-state index is 12.8. The first-order chi connectivity index (χ1) is 15.9. The Kier molecular flexibility index (Phi) is 7.81. The number of ether oxygens (including phenoxy) is 1. The molecule has 0 saturated carbocycles. The number of nitrogens with zero attached hydrogens (tertiary/aromatic N) is 3. The summed E-state index contributed by atoms with van der Waals surface area (Å²) in [5.74, 6) is -0.263. The van der Waals surface area contributed by atoms with Crippen molar-refractivity contribution in [3.05, 3.63) is 34.4 Å². The Morgan fingerprint density at radius 1 is 1.03 bits per heavy atom. The Morgan fingerprint density at radius 2 is 1.59 bits per heavy atom. The summed E-state index contributed by atoms with van der Waals surface area (Å²) >= 11 is 0. The number of piperidine rings is 2. The molecule has 3 rings (SSSR count). The second-order valence-corrected chi connectivity index (χ2v) is 11.6. The first-order valence-electron chi connectivity index (χ1n) is 11.4. The molecule has 2 saturated heterocycles. The zero-order valence-electron chi connectivity index (χ0n) is 19.7. The van der Waals surface area contributed by atoms with Crippen LogP contribution in [0.4, 0.5) is 10.5 Å². The molecule has 0 aliphatic carbocycles. The number of amides is 2. The van der Waals surface area contributed by atoms with Crippen LogP contribution >= 0.6 is 0 Å². The Bertz CT molecular complexity index is 1000. The van der Waals surface area contributed by atoms with Gasteiger partial charge in [-0.1, -0.05) is 0 Å². The fourth-order valence-electron chi connectivity index (χ4n) is 4.10. The van der Waals surface area contributed by atoms with Crippen molar-refractivity contribution in [2.45, 2.75) is 63.0 Å². The van der Waals surface area contributed by atoms with Crippen molar-refractivity contribution >= 4 is 27.7 Å². The minimum absolute atomic E-state index is 0.0114. The predicted octanol–water partition coefficient (Wildman–Crippen LogP) is 2.51. The predicted molar refractivity (Wildman–Crippen MR) is 124 cm³/mol. The summed E-state index contributed by atoms with van der Waals surface area (Å²) in [5.41, 5.74) is -0.733. The number of likely N-dealkylation sites (tertiary alicyclic amines) is 1. The zero-order chi connectivity index (χ0) is 25.1. The van der Waals surface area contributed by atoms with Gasteiger partial charge in [0.15, 0.2) is 0 Å². The van der Waals surface area contributed by atoms with E-state index >= 15 is 0 Å². The second kappa shape index (κ2) is 10.3. The highest BCUT2D eigenvalue weighted by Crippen LogP contribution is 2.24. The van der Waals surface area contributed by atoms with Gasteiger partial charge in [-0.05, 0) is 58.6 Å². The van der Waals surface area contributed by atoms with E-state index in [1.54, 1.807) is 4.90 Å². The lowest BCUT2D eigenvalue weighted by molar-refractivity contribution is -0.384. The molecule has 1 aromatic carbocycles. The Morgan fingerprint density at radius 3 is 2.09 bits per heavy atom. The minimum atomic E-state index is -3.76. The van der Waals surface area contributed by atoms with Crippen molar-refractivity contribution in [3.8, 4) is 0 Å². The number of benzene rings is 1. The molecule has 2 aliphatic heterocycles. The molecule has 11 nitrogen and oxygen atoms in total. The average molecular weight is 497 g/mol. The molecule has 2 amide bonds. The molecule has 1 N–H and O–H groups in total. The topological polar surface area (TPSA) is 139 Å². The van der Waals surface area contributed by atoms with Crippen molar-refractivity contribution in [3.63, 3.8) is 0 Å². The summed E-state index contributed by atoms with van der Waals surface area (Å²) in [5, 5.41) is 13.8. The van der Waals surface area contributed by atoms with E-state index in [2.05, 4.69) is 5.32 Å². The van der Waals surface area contributed by atoms with Crippen molar-refractivity contribution in [2.24, 2.45) is 5.92 Å². The lowest BCUT2D eigenvalue weighted by atomic mass is 9.95. The van der Waals surface area contributed by atoms with E-state index in [4.69, 9.17) is 4.74 Å². The van der Waals surface area contributed by atoms with Gasteiger partial charge in [0.2, 0.25) is 15.9 Å². The third-order valence-corrected chi connectivity index (χ3v) is 7.92. The van der Waals surface area contributed by atoms with Gasteiger partial charge in [-0.25, -0.2) is 13.2 Å². The molecule has 2 fully saturated rings. The maximum Gasteiger partial charge on any atom is 0.410 e. The molecule has 0 atom stereocenters. The number of non-ortho nitro benzene ring substituents is 1. The molecule has 0 radical (unpaired) electrons. The third kappa shape index (κ3) is 6.44. The maximum absolute atomic E-state index is 12.8. The van der Waals surface area contributed by atoms with Crippen LogP contribution in [0.5, 0.6) is 0 Å². The van der Waals surface area contributed by atoms with Crippen molar-refractivity contribution in [1.29, 1.82) is 0 Å². The molecule has 34 heavy (non-hydrogen) atoms. The van der Waals surface area contributed by atoms with Gasteiger partial charge in [0.1, 0.15) is 5.60 Å². The van der Waals surface area contributed by atoms with Gasteiger partial charge in [0, 0.05) is 50.3 Å². The number of rotatable bonds is 5. The number of nitro benzene ring substituents is 1. The quantitative estimate of drug-likeness (QED) is 0.488. The van der Waals surface area contributed by atoms with E-state index in [0.717, 1.165) is 0 Å². The number of nitrogens with one attached hydrogen (secondary N) is 1. The Balaban J connectivity index is 1.46. The van der Waals surface area contributed by atoms with Crippen LogP contribution in [0.1, 0.15) is 46.5 Å². The number of carbonyl (C=O) groups is 2. The average Bonchev–Trinajstić information content (AvgIpc) is 2.78. The largest absolute Gasteiger partial charge is 0.444 e. The fourth-order valence-corrected chi connectivity index (χ4v) is 5.57. The molecule has 0 unspecified atom stereocenters. The Labute approximate surface area is 199 Å². The van der Waals surface area contributed by atoms with Gasteiger partial charge in [0.25, 0.3) is 5.69 Å². The van der Waals surface area contributed by atoms with Crippen LogP contribution in [-0.2, 0) is 19.6 Å². The number of hydrogen-bond acceptors (Lipinski definition) is 7. The van der Waals surface area contributed by atoms with Crippen LogP contribution in [0.15, 0.2) is 29.2 Å². The van der Waals surface area contributed by atoms with E-state index in [1.165, 1.54) is 28.6 Å². The van der Waals surface area contributed by atoms with Crippen molar-refractivity contribution in [1.82, 2.24) is 14.5 Å². The van der Waals surface area contributed by atoms with Gasteiger partial charge in [0.05, 0.1) is 9.82 Å². The normalized spacial score (nSPS) is 19.0. The smallest absolute Gasteiger partial charge is 0.410 e. The van der Waals surface area contributed by atoms with Gasteiger partial charge < -0.3 is 15.0 Å². The molecule has 2 aliphatic rings. The van der Waals surface area contributed by atoms with E-state index in [9.17, 15) is 28.1 Å². The van der Waals surface area contributed by atoms with Gasteiger partial charge in [-0.15, -0.1) is 0 Å². The highest BCUT2D eigenvalue weighted by Gasteiger charge is 2.33. The standard InChI is InChI=1S/C22H32N4O7S/c1-22(2,3)33-21(28)24-12-8-16(9-13-24)20(27)23-17-10-14-25(15-11-17)34(31,32)19-6-4-18(5-7-19)26(29)30/h4-7,16-17H,8-15H2,1-3H3,(H,23,27). The second-order valence-electron chi connectivity index (χ2n) is 9.68. The SMILES string of the molecule is CC(C)(C)OC(=O)N1CCC(C(=O)NC2CCN(S(=O)(=O)c3ccc([N+](=O)[O-])cc3)CC2)CC1. The number of nitro groups is 1. The highest BCUT2D eigenvalue weighted by atomic mass is 32.2. The number of hydrogen-bond donors (Lipinski definition) is 1. The molecular weight excluding hydrogens is 464 g/mol. The van der Waals surface area contributed by atoms with E-state index in [1.807, 2.05) is 20.8 Å². The first kappa shape index (κ1) is 25.9. The molecule has 0 bridgehead atoms. The first-order valence-corrected chi connectivity index (χ1v) is 12.8. The van der Waals surface area contributed by atoms with Crippen molar-refractivity contribution in [2.75, 3.05) is 26.2 Å². The summed E-state index contributed by atoms with van der Waals surface area (Å²) in [7, 11) is -3.76. The van der Waals surface area contributed by atoms with Crippen LogP contribution in [-0.4, -0.2) is 72.4 Å². The monoisotopic (exact) mass is 496 g/mol. The summed E-state index contributed by atoms with van der Waals surface area (Å²) < 4.78 is 32.4. The van der Waals surface area contributed by atoms with Crippen LogP contribution in [0.2, 0.25) is 0 Å². The van der Waals surface area contributed by atoms with Gasteiger partial charge in [-0.2, -0.15) is 4.31 Å². The summed E-state index contributed by atoms with van der Waals surface area (Å²) in [6.07, 6.45) is 1.70. The summed E-state index contributed by atoms with van der Waals surface area (Å²) in [6.45, 7) is 6.86. The third-order valence-electron chi connectivity index (χ3n) is 6.00. The number of carbonyl (C=O) groups excluding carboxylic acids is 2. The molecular formula is C22H32N4O7S. The highest BCUT2D eigenvalue weighted by molar-refractivity contribution is 7.89. The molecule has 0 spiro atoms. The molecule has 1 aromatic rings. The Hall–Kier alpha value is -2.73. The van der Waals surface area contributed by atoms with Gasteiger partial charge >= 0.3 is 6.09 Å². The molecule has 2 heterocycles. The molecule has 188 valence electrons. The lowest BCUT2D eigenvalue weighted by Crippen LogP contribution is -2.49. The zero-order valence-corrected chi connectivity index (χ0v) is 20.5. The van der Waals surface area contributed by atoms with Crippen LogP contribution in [0.25, 0.3) is 0 Å². The van der Waals surface area contributed by atoms with E-state index < -0.39 is 20.5 Å². The van der Waals surface area contributed by atoms with E-state index in [0.29, 0.717) is 38.8 Å². The number of sulfonamides is 1. The van der Waals surface area contributed by atoms with Crippen molar-refractivity contribution < 1.29 is 27.7 Å². The van der Waals surface area contributed by atoms with E-state index in [-0.39, 0.29) is 47.6 Å². The van der Waals surface area contributed by atoms with Gasteiger partial charge in [-0.3, -0.25) is 14.9 Å². The fraction of sp³-hybridized carbons (Fsp3) is 0.636. The summed E-state index contributed by atoms with van der Waals surface area (Å²) in [6, 6.07) is 4.71. The van der Waals surface area contributed by atoms with Crippen LogP contribution in [0, 0.1) is 16.0 Å². The minimum Gasteiger partial charge on any atom is -0.444 e. The lowest BCUT2D eigenvalue weighted by Gasteiger charge is -2.35. The summed E-state index contributed by atoms with van der Waals surface area (Å²) in [4.78, 5) is 36.8. The molecule has 12 heteroatoms. The van der Waals surface area contributed by atoms with Crippen LogP contribution < -0.4 is 5.32 Å².